The molecule has 0 saturated heterocycles. The molecule has 2 aromatic heterocycles. The minimum atomic E-state index is -0.465. The van der Waals surface area contributed by atoms with Gasteiger partial charge in [0.2, 0.25) is 5.82 Å². The molecule has 0 aliphatic rings. The van der Waals surface area contributed by atoms with Crippen LogP contribution in [0.15, 0.2) is 59.1 Å². The Morgan fingerprint density at radius 3 is 2.73 bits per heavy atom. The number of esters is 1. The van der Waals surface area contributed by atoms with Gasteiger partial charge in [-0.2, -0.15) is 4.98 Å². The smallest absolute Gasteiger partial charge is 0.355 e. The summed E-state index contributed by atoms with van der Waals surface area (Å²) in [4.78, 5) is 19.5. The number of fused-ring (bicyclic) bond motifs is 1. The zero-order valence-electron chi connectivity index (χ0n) is 14.2. The molecule has 2 aromatic carbocycles. The number of aromatic nitrogens is 3. The molecule has 0 atom stereocenters. The molecule has 6 nitrogen and oxygen atoms in total. The highest BCUT2D eigenvalue weighted by atomic mass is 16.6. The van der Waals surface area contributed by atoms with Crippen molar-refractivity contribution in [3.05, 3.63) is 71.7 Å². The van der Waals surface area contributed by atoms with Crippen LogP contribution >= 0.6 is 0 Å². The number of hydrogen-bond donors (Lipinski definition) is 1. The molecule has 0 amide bonds. The molecule has 26 heavy (non-hydrogen) atoms. The molecule has 0 aliphatic heterocycles. The van der Waals surface area contributed by atoms with Crippen molar-refractivity contribution in [3.63, 3.8) is 0 Å². The number of rotatable bonds is 5. The number of benzene rings is 2. The number of carbonyl (C=O) groups is 1. The first-order valence-electron chi connectivity index (χ1n) is 8.39. The highest BCUT2D eigenvalue weighted by Crippen LogP contribution is 2.18. The molecule has 6 heteroatoms. The second-order valence-electron chi connectivity index (χ2n) is 5.91. The molecule has 0 aliphatic carbocycles. The SMILES string of the molecule is CCc1ccc(-c2noc(COC(=O)c3cc4ccccc4[nH]3)n2)cc1. The molecule has 4 rings (SSSR count). The summed E-state index contributed by atoms with van der Waals surface area (Å²) >= 11 is 0. The van der Waals surface area contributed by atoms with Gasteiger partial charge in [-0.1, -0.05) is 54.5 Å². The van der Waals surface area contributed by atoms with Gasteiger partial charge in [-0.05, 0) is 24.1 Å². The molecule has 1 N–H and O–H groups in total. The van der Waals surface area contributed by atoms with Crippen molar-refractivity contribution >= 4 is 16.9 Å². The van der Waals surface area contributed by atoms with Gasteiger partial charge in [-0.15, -0.1) is 0 Å². The van der Waals surface area contributed by atoms with Gasteiger partial charge in [0, 0.05) is 16.5 Å². The van der Waals surface area contributed by atoms with Gasteiger partial charge in [0.15, 0.2) is 6.61 Å². The summed E-state index contributed by atoms with van der Waals surface area (Å²) < 4.78 is 10.4. The van der Waals surface area contributed by atoms with Gasteiger partial charge >= 0.3 is 5.97 Å². The number of H-pyrrole nitrogens is 1. The van der Waals surface area contributed by atoms with Crippen LogP contribution in [0.5, 0.6) is 0 Å². The molecule has 0 saturated carbocycles. The molecular formula is C20H17N3O3. The van der Waals surface area contributed by atoms with Gasteiger partial charge in [-0.3, -0.25) is 0 Å². The van der Waals surface area contributed by atoms with Crippen LogP contribution in [0, 0.1) is 0 Å². The Hall–Kier alpha value is -3.41. The molecule has 0 spiro atoms. The summed E-state index contributed by atoms with van der Waals surface area (Å²) in [5, 5.41) is 4.90. The maximum Gasteiger partial charge on any atom is 0.355 e. The van der Waals surface area contributed by atoms with Crippen molar-refractivity contribution in [1.82, 2.24) is 15.1 Å². The van der Waals surface area contributed by atoms with Gasteiger partial charge in [0.25, 0.3) is 5.89 Å². The standard InChI is InChI=1S/C20H17N3O3/c1-2-13-7-9-14(10-8-13)19-22-18(26-23-19)12-25-20(24)17-11-15-5-3-4-6-16(15)21-17/h3-11,21H,2,12H2,1H3. The number of nitrogens with one attached hydrogen (secondary N) is 1. The topological polar surface area (TPSA) is 81.0 Å². The minimum Gasteiger partial charge on any atom is -0.451 e. The second kappa shape index (κ2) is 6.84. The Kier molecular flexibility index (Phi) is 4.23. The number of aromatic amines is 1. The van der Waals surface area contributed by atoms with Crippen LogP contribution in [0.4, 0.5) is 0 Å². The van der Waals surface area contributed by atoms with E-state index in [-0.39, 0.29) is 12.5 Å². The summed E-state index contributed by atoms with van der Waals surface area (Å²) in [7, 11) is 0. The normalized spacial score (nSPS) is 11.0. The van der Waals surface area contributed by atoms with Crippen LogP contribution < -0.4 is 0 Å². The van der Waals surface area contributed by atoms with Gasteiger partial charge < -0.3 is 14.2 Å². The van der Waals surface area contributed by atoms with E-state index in [1.54, 1.807) is 6.07 Å². The van der Waals surface area contributed by atoms with E-state index >= 15 is 0 Å². The van der Waals surface area contributed by atoms with Crippen LogP contribution in [0.3, 0.4) is 0 Å². The van der Waals surface area contributed by atoms with Crippen LogP contribution in [-0.2, 0) is 17.8 Å². The summed E-state index contributed by atoms with van der Waals surface area (Å²) in [5.74, 6) is 0.265. The number of ether oxygens (including phenoxy) is 1. The second-order valence-corrected chi connectivity index (χ2v) is 5.91. The van der Waals surface area contributed by atoms with E-state index in [1.807, 2.05) is 48.5 Å². The molecule has 130 valence electrons. The Morgan fingerprint density at radius 2 is 1.96 bits per heavy atom. The van der Waals surface area contributed by atoms with Crippen molar-refractivity contribution in [1.29, 1.82) is 0 Å². The fourth-order valence-corrected chi connectivity index (χ4v) is 2.71. The van der Waals surface area contributed by atoms with Crippen molar-refractivity contribution in [2.45, 2.75) is 20.0 Å². The molecule has 0 fully saturated rings. The van der Waals surface area contributed by atoms with Crippen molar-refractivity contribution in [2.75, 3.05) is 0 Å². The summed E-state index contributed by atoms with van der Waals surface area (Å²) in [6.07, 6.45) is 0.974. The fraction of sp³-hybridized carbons (Fsp3) is 0.150. The number of aryl methyl sites for hydroxylation is 1. The Bertz CT molecular complexity index is 1010. The van der Waals surface area contributed by atoms with E-state index in [4.69, 9.17) is 9.26 Å². The van der Waals surface area contributed by atoms with E-state index in [1.165, 1.54) is 5.56 Å². The lowest BCUT2D eigenvalue weighted by atomic mass is 10.1. The molecule has 0 radical (unpaired) electrons. The largest absolute Gasteiger partial charge is 0.451 e. The minimum absolute atomic E-state index is 0.0752. The fourth-order valence-electron chi connectivity index (χ4n) is 2.71. The summed E-state index contributed by atoms with van der Waals surface area (Å²) in [6.45, 7) is 2.03. The van der Waals surface area contributed by atoms with Crippen LogP contribution in [0.2, 0.25) is 0 Å². The highest BCUT2D eigenvalue weighted by Gasteiger charge is 2.14. The van der Waals surface area contributed by atoms with E-state index in [0.29, 0.717) is 11.5 Å². The van der Waals surface area contributed by atoms with Crippen molar-refractivity contribution in [2.24, 2.45) is 0 Å². The Labute approximate surface area is 149 Å². The van der Waals surface area contributed by atoms with E-state index in [0.717, 1.165) is 22.9 Å². The molecule has 0 bridgehead atoms. The van der Waals surface area contributed by atoms with Crippen LogP contribution in [0.25, 0.3) is 22.3 Å². The number of hydrogen-bond acceptors (Lipinski definition) is 5. The predicted molar refractivity (Wildman–Crippen MR) is 96.5 cm³/mol. The van der Waals surface area contributed by atoms with Gasteiger partial charge in [-0.25, -0.2) is 4.79 Å². The lowest BCUT2D eigenvalue weighted by Crippen LogP contribution is -2.05. The third-order valence-corrected chi connectivity index (χ3v) is 4.17. The van der Waals surface area contributed by atoms with Gasteiger partial charge in [0.1, 0.15) is 5.69 Å². The van der Waals surface area contributed by atoms with Crippen molar-refractivity contribution < 1.29 is 14.1 Å². The number of nitrogens with zero attached hydrogens (tertiary/aromatic N) is 2. The Balaban J connectivity index is 1.43. The maximum absolute atomic E-state index is 12.2. The maximum atomic E-state index is 12.2. The van der Waals surface area contributed by atoms with Crippen LogP contribution in [-0.4, -0.2) is 21.1 Å². The molecule has 2 heterocycles. The number of carbonyl (C=O) groups excluding carboxylic acids is 1. The average Bonchev–Trinajstić information content (AvgIpc) is 3.33. The highest BCUT2D eigenvalue weighted by molar-refractivity contribution is 5.94. The molecular weight excluding hydrogens is 330 g/mol. The van der Waals surface area contributed by atoms with E-state index < -0.39 is 5.97 Å². The van der Waals surface area contributed by atoms with Crippen molar-refractivity contribution in [3.8, 4) is 11.4 Å². The third-order valence-electron chi connectivity index (χ3n) is 4.17. The first kappa shape index (κ1) is 16.1. The first-order chi connectivity index (χ1) is 12.7. The lowest BCUT2D eigenvalue weighted by Gasteiger charge is -1.99. The zero-order chi connectivity index (χ0) is 17.9. The van der Waals surface area contributed by atoms with Crippen LogP contribution in [0.1, 0.15) is 28.9 Å². The Morgan fingerprint density at radius 1 is 1.15 bits per heavy atom. The first-order valence-corrected chi connectivity index (χ1v) is 8.39. The monoisotopic (exact) mass is 347 g/mol. The average molecular weight is 347 g/mol. The van der Waals surface area contributed by atoms with E-state index in [9.17, 15) is 4.79 Å². The molecule has 0 unspecified atom stereocenters. The molecule has 4 aromatic rings. The third kappa shape index (κ3) is 3.21. The number of para-hydroxylation sites is 1. The summed E-state index contributed by atoms with van der Waals surface area (Å²) in [6, 6.07) is 17.4. The lowest BCUT2D eigenvalue weighted by molar-refractivity contribution is 0.0424. The summed E-state index contributed by atoms with van der Waals surface area (Å²) in [5.41, 5.74) is 3.38. The quantitative estimate of drug-likeness (QED) is 0.549. The zero-order valence-corrected chi connectivity index (χ0v) is 14.2. The van der Waals surface area contributed by atoms with Gasteiger partial charge in [0.05, 0.1) is 0 Å². The predicted octanol–water partition coefficient (Wildman–Crippen LogP) is 4.14. The van der Waals surface area contributed by atoms with E-state index in [2.05, 4.69) is 22.0 Å².